The maximum Gasteiger partial charge on any atom is 0.318 e. The van der Waals surface area contributed by atoms with E-state index in [1.807, 2.05) is 12.2 Å². The number of primary amides is 1. The first-order valence-corrected chi connectivity index (χ1v) is 6.78. The zero-order chi connectivity index (χ0) is 16.5. The molecule has 0 aliphatic heterocycles. The lowest BCUT2D eigenvalue weighted by atomic mass is 10.2. The van der Waals surface area contributed by atoms with Crippen LogP contribution in [-0.4, -0.2) is 37.0 Å². The SMILES string of the molecule is CCNC(=O)COc1ccc(N[C@@H](C)C(=O)NC(N)=O)cc1. The Morgan fingerprint density at radius 1 is 1.23 bits per heavy atom. The molecule has 0 saturated heterocycles. The van der Waals surface area contributed by atoms with E-state index in [1.54, 1.807) is 31.2 Å². The molecule has 8 nitrogen and oxygen atoms in total. The number of carbonyl (C=O) groups excluding carboxylic acids is 3. The summed E-state index contributed by atoms with van der Waals surface area (Å²) >= 11 is 0. The minimum Gasteiger partial charge on any atom is -0.484 e. The number of nitrogens with two attached hydrogens (primary N) is 1. The molecule has 120 valence electrons. The lowest BCUT2D eigenvalue weighted by Crippen LogP contribution is -2.43. The lowest BCUT2D eigenvalue weighted by Gasteiger charge is -2.14. The fourth-order valence-electron chi connectivity index (χ4n) is 1.59. The van der Waals surface area contributed by atoms with E-state index in [4.69, 9.17) is 10.5 Å². The van der Waals surface area contributed by atoms with Crippen molar-refractivity contribution in [2.75, 3.05) is 18.5 Å². The summed E-state index contributed by atoms with van der Waals surface area (Å²) < 4.78 is 5.30. The second-order valence-electron chi connectivity index (χ2n) is 4.49. The number of anilines is 1. The minimum atomic E-state index is -0.896. The third kappa shape index (κ3) is 6.12. The number of amides is 4. The molecule has 0 aromatic heterocycles. The summed E-state index contributed by atoms with van der Waals surface area (Å²) in [6, 6.07) is 5.20. The van der Waals surface area contributed by atoms with E-state index in [0.717, 1.165) is 0 Å². The van der Waals surface area contributed by atoms with Gasteiger partial charge in [0.25, 0.3) is 5.91 Å². The van der Waals surface area contributed by atoms with Crippen LogP contribution in [0.15, 0.2) is 24.3 Å². The first-order valence-electron chi connectivity index (χ1n) is 6.78. The molecule has 5 N–H and O–H groups in total. The third-order valence-electron chi connectivity index (χ3n) is 2.62. The van der Waals surface area contributed by atoms with Crippen molar-refractivity contribution >= 4 is 23.5 Å². The Balaban J connectivity index is 2.49. The number of urea groups is 1. The second kappa shape index (κ2) is 8.50. The average Bonchev–Trinajstić information content (AvgIpc) is 2.46. The first-order chi connectivity index (χ1) is 10.4. The quantitative estimate of drug-likeness (QED) is 0.573. The average molecular weight is 308 g/mol. The van der Waals surface area contributed by atoms with Crippen LogP contribution < -0.4 is 26.4 Å². The number of nitrogens with one attached hydrogen (secondary N) is 3. The molecule has 0 aliphatic carbocycles. The van der Waals surface area contributed by atoms with Crippen LogP contribution in [0.2, 0.25) is 0 Å². The van der Waals surface area contributed by atoms with Crippen LogP contribution in [0.1, 0.15) is 13.8 Å². The minimum absolute atomic E-state index is 0.0575. The topological polar surface area (TPSA) is 123 Å². The summed E-state index contributed by atoms with van der Waals surface area (Å²) in [7, 11) is 0. The van der Waals surface area contributed by atoms with Gasteiger partial charge in [0.05, 0.1) is 0 Å². The highest BCUT2D eigenvalue weighted by molar-refractivity contribution is 5.97. The summed E-state index contributed by atoms with van der Waals surface area (Å²) in [5.41, 5.74) is 5.54. The van der Waals surface area contributed by atoms with Gasteiger partial charge >= 0.3 is 6.03 Å². The molecular formula is C14H20N4O4. The molecule has 0 fully saturated rings. The smallest absolute Gasteiger partial charge is 0.318 e. The van der Waals surface area contributed by atoms with Crippen molar-refractivity contribution in [1.82, 2.24) is 10.6 Å². The molecule has 22 heavy (non-hydrogen) atoms. The Kier molecular flexibility index (Phi) is 6.68. The third-order valence-corrected chi connectivity index (χ3v) is 2.62. The number of hydrogen-bond donors (Lipinski definition) is 4. The van der Waals surface area contributed by atoms with Crippen molar-refractivity contribution in [3.8, 4) is 5.75 Å². The summed E-state index contributed by atoms with van der Waals surface area (Å²) in [4.78, 5) is 33.4. The highest BCUT2D eigenvalue weighted by atomic mass is 16.5. The second-order valence-corrected chi connectivity index (χ2v) is 4.49. The molecule has 0 bridgehead atoms. The normalized spacial score (nSPS) is 11.2. The van der Waals surface area contributed by atoms with Crippen LogP contribution in [0.3, 0.4) is 0 Å². The number of likely N-dealkylation sites (N-methyl/N-ethyl adjacent to an activating group) is 1. The Labute approximate surface area is 128 Å². The Bertz CT molecular complexity index is 530. The number of rotatable bonds is 7. The molecule has 1 aromatic carbocycles. The molecule has 0 spiro atoms. The predicted molar refractivity (Wildman–Crippen MR) is 81.4 cm³/mol. The van der Waals surface area contributed by atoms with Crippen molar-refractivity contribution < 1.29 is 19.1 Å². The molecule has 1 aromatic rings. The maximum absolute atomic E-state index is 11.5. The largest absolute Gasteiger partial charge is 0.484 e. The van der Waals surface area contributed by atoms with Gasteiger partial charge in [-0.2, -0.15) is 0 Å². The standard InChI is InChI=1S/C14H20N4O4/c1-3-16-12(19)8-22-11-6-4-10(5-7-11)17-9(2)13(20)18-14(15)21/h4-7,9,17H,3,8H2,1-2H3,(H,16,19)(H3,15,18,20,21)/t9-/m0/s1. The van der Waals surface area contributed by atoms with Crippen LogP contribution in [-0.2, 0) is 9.59 Å². The maximum atomic E-state index is 11.5. The molecule has 1 rings (SSSR count). The summed E-state index contributed by atoms with van der Waals surface area (Å²) in [5.74, 6) is -0.184. The molecule has 0 aliphatic rings. The number of carbonyl (C=O) groups is 3. The van der Waals surface area contributed by atoms with E-state index in [1.165, 1.54) is 0 Å². The number of benzene rings is 1. The fourth-order valence-corrected chi connectivity index (χ4v) is 1.59. The molecule has 1 atom stereocenters. The zero-order valence-corrected chi connectivity index (χ0v) is 12.5. The molecule has 0 unspecified atom stereocenters. The van der Waals surface area contributed by atoms with E-state index in [-0.39, 0.29) is 12.5 Å². The van der Waals surface area contributed by atoms with Crippen molar-refractivity contribution in [3.63, 3.8) is 0 Å². The van der Waals surface area contributed by atoms with Gasteiger partial charge < -0.3 is 21.1 Å². The molecule has 0 heterocycles. The van der Waals surface area contributed by atoms with Gasteiger partial charge in [0.15, 0.2) is 6.61 Å². The molecule has 8 heteroatoms. The molecule has 0 radical (unpaired) electrons. The van der Waals surface area contributed by atoms with Gasteiger partial charge in [0.1, 0.15) is 11.8 Å². The first kappa shape index (κ1) is 17.3. The predicted octanol–water partition coefficient (Wildman–Crippen LogP) is 0.197. The van der Waals surface area contributed by atoms with Crippen molar-refractivity contribution in [2.45, 2.75) is 19.9 Å². The van der Waals surface area contributed by atoms with E-state index in [2.05, 4.69) is 10.6 Å². The van der Waals surface area contributed by atoms with Gasteiger partial charge in [0, 0.05) is 12.2 Å². The van der Waals surface area contributed by atoms with Crippen molar-refractivity contribution in [3.05, 3.63) is 24.3 Å². The van der Waals surface area contributed by atoms with E-state index < -0.39 is 18.0 Å². The number of hydrogen-bond acceptors (Lipinski definition) is 5. The van der Waals surface area contributed by atoms with Crippen molar-refractivity contribution in [1.29, 1.82) is 0 Å². The molecule has 4 amide bonds. The van der Waals surface area contributed by atoms with Crippen LogP contribution >= 0.6 is 0 Å². The van der Waals surface area contributed by atoms with Gasteiger partial charge in [-0.3, -0.25) is 14.9 Å². The number of imide groups is 1. The molecular weight excluding hydrogens is 288 g/mol. The summed E-state index contributed by atoms with van der Waals surface area (Å²) in [6.45, 7) is 3.92. The lowest BCUT2D eigenvalue weighted by molar-refractivity contribution is -0.123. The van der Waals surface area contributed by atoms with Gasteiger partial charge in [-0.15, -0.1) is 0 Å². The Hall–Kier alpha value is -2.77. The van der Waals surface area contributed by atoms with Crippen LogP contribution in [0.25, 0.3) is 0 Å². The van der Waals surface area contributed by atoms with Crippen LogP contribution in [0.4, 0.5) is 10.5 Å². The highest BCUT2D eigenvalue weighted by Crippen LogP contribution is 2.16. The fraction of sp³-hybridized carbons (Fsp3) is 0.357. The Morgan fingerprint density at radius 2 is 1.86 bits per heavy atom. The van der Waals surface area contributed by atoms with E-state index >= 15 is 0 Å². The van der Waals surface area contributed by atoms with Gasteiger partial charge in [-0.05, 0) is 38.1 Å². The van der Waals surface area contributed by atoms with E-state index in [0.29, 0.717) is 18.0 Å². The monoisotopic (exact) mass is 308 g/mol. The van der Waals surface area contributed by atoms with Crippen LogP contribution in [0, 0.1) is 0 Å². The van der Waals surface area contributed by atoms with Gasteiger partial charge in [-0.1, -0.05) is 0 Å². The van der Waals surface area contributed by atoms with Crippen molar-refractivity contribution in [2.24, 2.45) is 5.73 Å². The Morgan fingerprint density at radius 3 is 2.41 bits per heavy atom. The molecule has 0 saturated carbocycles. The van der Waals surface area contributed by atoms with Gasteiger partial charge in [0.2, 0.25) is 5.91 Å². The zero-order valence-electron chi connectivity index (χ0n) is 12.5. The van der Waals surface area contributed by atoms with Gasteiger partial charge in [-0.25, -0.2) is 4.79 Å². The van der Waals surface area contributed by atoms with E-state index in [9.17, 15) is 14.4 Å². The highest BCUT2D eigenvalue weighted by Gasteiger charge is 2.13. The summed E-state index contributed by atoms with van der Waals surface area (Å²) in [6.07, 6.45) is 0. The van der Waals surface area contributed by atoms with Crippen LogP contribution in [0.5, 0.6) is 5.75 Å². The summed E-state index contributed by atoms with van der Waals surface area (Å²) in [5, 5.41) is 7.51. The number of ether oxygens (including phenoxy) is 1.